The van der Waals surface area contributed by atoms with Crippen LogP contribution in [0.4, 0.5) is 5.82 Å². The summed E-state index contributed by atoms with van der Waals surface area (Å²) < 4.78 is 2.10. The van der Waals surface area contributed by atoms with Gasteiger partial charge in [-0.15, -0.1) is 11.3 Å². The summed E-state index contributed by atoms with van der Waals surface area (Å²) in [5, 5.41) is 0.882. The summed E-state index contributed by atoms with van der Waals surface area (Å²) in [6.45, 7) is 3.66. The number of hydrogen-bond acceptors (Lipinski definition) is 8. The summed E-state index contributed by atoms with van der Waals surface area (Å²) in [5.41, 5.74) is 7.96. The Bertz CT molecular complexity index is 1200. The van der Waals surface area contributed by atoms with E-state index in [1.54, 1.807) is 11.3 Å². The van der Waals surface area contributed by atoms with E-state index in [1.807, 2.05) is 47.4 Å². The Balaban J connectivity index is 1.14. The molecule has 0 aliphatic carbocycles. The standard InChI is InChI=1S/C22H22N6OS2/c23-21-15-5-1-2-6-16(15)24-19(26-21)13-27-9-11-28(12-10-27)20(29)14-30-22-25-17-7-3-4-8-18(17)31-22/h1-8H,9-14H2,(H2,23,24,26). The number of piperazine rings is 1. The number of carbonyl (C=O) groups excluding carboxylic acids is 1. The van der Waals surface area contributed by atoms with Crippen LogP contribution in [0.2, 0.25) is 0 Å². The Kier molecular flexibility index (Phi) is 5.71. The minimum Gasteiger partial charge on any atom is -0.383 e. The Morgan fingerprint density at radius 3 is 2.52 bits per heavy atom. The van der Waals surface area contributed by atoms with E-state index in [1.165, 1.54) is 11.8 Å². The summed E-state index contributed by atoms with van der Waals surface area (Å²) >= 11 is 3.16. The zero-order chi connectivity index (χ0) is 21.2. The Hall–Kier alpha value is -2.75. The maximum atomic E-state index is 12.7. The van der Waals surface area contributed by atoms with Crippen molar-refractivity contribution >= 4 is 55.9 Å². The molecule has 0 saturated carbocycles. The average molecular weight is 451 g/mol. The molecule has 1 fully saturated rings. The van der Waals surface area contributed by atoms with Gasteiger partial charge in [-0.1, -0.05) is 36.0 Å². The predicted octanol–water partition coefficient (Wildman–Crippen LogP) is 3.26. The molecule has 5 rings (SSSR count). The number of hydrogen-bond donors (Lipinski definition) is 1. The third kappa shape index (κ3) is 4.48. The average Bonchev–Trinajstić information content (AvgIpc) is 3.21. The van der Waals surface area contributed by atoms with Crippen molar-refractivity contribution in [3.63, 3.8) is 0 Å². The molecule has 1 saturated heterocycles. The molecule has 1 amide bonds. The van der Waals surface area contributed by atoms with E-state index >= 15 is 0 Å². The number of nitrogens with two attached hydrogens (primary N) is 1. The molecule has 2 aromatic carbocycles. The van der Waals surface area contributed by atoms with Crippen LogP contribution in [-0.2, 0) is 11.3 Å². The van der Waals surface area contributed by atoms with Crippen molar-refractivity contribution in [2.45, 2.75) is 10.9 Å². The summed E-state index contributed by atoms with van der Waals surface area (Å²) in [7, 11) is 0. The van der Waals surface area contributed by atoms with E-state index in [4.69, 9.17) is 5.73 Å². The summed E-state index contributed by atoms with van der Waals surface area (Å²) in [4.78, 5) is 30.6. The van der Waals surface area contributed by atoms with E-state index in [9.17, 15) is 4.79 Å². The first kappa shape index (κ1) is 20.2. The van der Waals surface area contributed by atoms with Crippen LogP contribution >= 0.6 is 23.1 Å². The molecule has 2 N–H and O–H groups in total. The normalized spacial score (nSPS) is 15.0. The van der Waals surface area contributed by atoms with Crippen LogP contribution in [0.1, 0.15) is 5.82 Å². The number of para-hydroxylation sites is 2. The molecule has 31 heavy (non-hydrogen) atoms. The molecule has 0 bridgehead atoms. The Labute approximate surface area is 188 Å². The highest BCUT2D eigenvalue weighted by molar-refractivity contribution is 8.01. The van der Waals surface area contributed by atoms with Crippen molar-refractivity contribution in [2.75, 3.05) is 37.7 Å². The number of nitrogen functional groups attached to an aromatic ring is 1. The molecule has 0 unspecified atom stereocenters. The second-order valence-corrected chi connectivity index (χ2v) is 9.69. The van der Waals surface area contributed by atoms with Gasteiger partial charge in [0.15, 0.2) is 4.34 Å². The molecule has 3 heterocycles. The molecule has 0 atom stereocenters. The number of rotatable bonds is 5. The molecule has 1 aliphatic heterocycles. The number of nitrogens with zero attached hydrogens (tertiary/aromatic N) is 5. The van der Waals surface area contributed by atoms with Gasteiger partial charge in [-0.05, 0) is 24.3 Å². The molecule has 158 valence electrons. The molecule has 4 aromatic rings. The lowest BCUT2D eigenvalue weighted by Gasteiger charge is -2.34. The zero-order valence-corrected chi connectivity index (χ0v) is 18.5. The molecule has 9 heteroatoms. The van der Waals surface area contributed by atoms with Crippen LogP contribution in [0.3, 0.4) is 0 Å². The second kappa shape index (κ2) is 8.78. The zero-order valence-electron chi connectivity index (χ0n) is 16.9. The first-order valence-corrected chi connectivity index (χ1v) is 12.0. The van der Waals surface area contributed by atoms with E-state index in [0.29, 0.717) is 31.2 Å². The van der Waals surface area contributed by atoms with Crippen molar-refractivity contribution in [1.82, 2.24) is 24.8 Å². The number of anilines is 1. The Morgan fingerprint density at radius 2 is 1.71 bits per heavy atom. The van der Waals surface area contributed by atoms with Gasteiger partial charge < -0.3 is 10.6 Å². The van der Waals surface area contributed by atoms with Crippen LogP contribution in [0.25, 0.3) is 21.1 Å². The van der Waals surface area contributed by atoms with Gasteiger partial charge in [-0.3, -0.25) is 9.69 Å². The van der Waals surface area contributed by atoms with Gasteiger partial charge in [0.05, 0.1) is 28.0 Å². The molecule has 2 aromatic heterocycles. The van der Waals surface area contributed by atoms with E-state index in [2.05, 4.69) is 25.9 Å². The van der Waals surface area contributed by atoms with Gasteiger partial charge >= 0.3 is 0 Å². The number of aromatic nitrogens is 3. The van der Waals surface area contributed by atoms with Crippen LogP contribution in [0.15, 0.2) is 52.9 Å². The first-order chi connectivity index (χ1) is 15.2. The van der Waals surface area contributed by atoms with Gasteiger partial charge in [-0.2, -0.15) is 0 Å². The highest BCUT2D eigenvalue weighted by Crippen LogP contribution is 2.29. The number of fused-ring (bicyclic) bond motifs is 2. The van der Waals surface area contributed by atoms with Gasteiger partial charge in [-0.25, -0.2) is 15.0 Å². The summed E-state index contributed by atoms with van der Waals surface area (Å²) in [5.74, 6) is 1.82. The van der Waals surface area contributed by atoms with Gasteiger partial charge in [0.25, 0.3) is 0 Å². The predicted molar refractivity (Wildman–Crippen MR) is 126 cm³/mol. The highest BCUT2D eigenvalue weighted by atomic mass is 32.2. The van der Waals surface area contributed by atoms with E-state index < -0.39 is 0 Å². The van der Waals surface area contributed by atoms with Crippen LogP contribution in [0, 0.1) is 0 Å². The number of thioether (sulfide) groups is 1. The molecular weight excluding hydrogens is 428 g/mol. The fourth-order valence-electron chi connectivity index (χ4n) is 3.70. The van der Waals surface area contributed by atoms with Gasteiger partial charge in [0.2, 0.25) is 5.91 Å². The summed E-state index contributed by atoms with van der Waals surface area (Å²) in [6.07, 6.45) is 0. The number of thiazole rings is 1. The number of carbonyl (C=O) groups is 1. The largest absolute Gasteiger partial charge is 0.383 e. The van der Waals surface area contributed by atoms with Crippen LogP contribution < -0.4 is 5.73 Å². The minimum absolute atomic E-state index is 0.162. The molecule has 7 nitrogen and oxygen atoms in total. The van der Waals surface area contributed by atoms with E-state index in [0.717, 1.165) is 44.4 Å². The van der Waals surface area contributed by atoms with Crippen molar-refractivity contribution in [3.8, 4) is 0 Å². The number of benzene rings is 2. The van der Waals surface area contributed by atoms with Crippen molar-refractivity contribution in [2.24, 2.45) is 0 Å². The molecular formula is C22H22N6OS2. The molecule has 0 spiro atoms. The maximum absolute atomic E-state index is 12.7. The lowest BCUT2D eigenvalue weighted by atomic mass is 10.2. The van der Waals surface area contributed by atoms with Crippen LogP contribution in [-0.4, -0.2) is 62.6 Å². The SMILES string of the molecule is Nc1nc(CN2CCN(C(=O)CSc3nc4ccccc4s3)CC2)nc2ccccc12. The van der Waals surface area contributed by atoms with Crippen molar-refractivity contribution in [3.05, 3.63) is 54.4 Å². The van der Waals surface area contributed by atoms with Gasteiger partial charge in [0.1, 0.15) is 11.6 Å². The molecule has 1 aliphatic rings. The molecule has 0 radical (unpaired) electrons. The minimum atomic E-state index is 0.162. The Morgan fingerprint density at radius 1 is 0.968 bits per heavy atom. The van der Waals surface area contributed by atoms with Crippen molar-refractivity contribution < 1.29 is 4.79 Å². The fraction of sp³-hybridized carbons (Fsp3) is 0.273. The second-order valence-electron chi connectivity index (χ2n) is 7.44. The van der Waals surface area contributed by atoms with Gasteiger partial charge in [0, 0.05) is 31.6 Å². The van der Waals surface area contributed by atoms with E-state index in [-0.39, 0.29) is 5.91 Å². The van der Waals surface area contributed by atoms with Crippen LogP contribution in [0.5, 0.6) is 0 Å². The highest BCUT2D eigenvalue weighted by Gasteiger charge is 2.22. The smallest absolute Gasteiger partial charge is 0.233 e. The first-order valence-electron chi connectivity index (χ1n) is 10.2. The quantitative estimate of drug-likeness (QED) is 0.467. The topological polar surface area (TPSA) is 88.2 Å². The lowest BCUT2D eigenvalue weighted by Crippen LogP contribution is -2.49. The number of amides is 1. The third-order valence-electron chi connectivity index (χ3n) is 5.36. The van der Waals surface area contributed by atoms with Crippen molar-refractivity contribution in [1.29, 1.82) is 0 Å². The fourth-order valence-corrected chi connectivity index (χ4v) is 5.68. The lowest BCUT2D eigenvalue weighted by molar-refractivity contribution is -0.130. The summed E-state index contributed by atoms with van der Waals surface area (Å²) in [6, 6.07) is 15.8. The maximum Gasteiger partial charge on any atom is 0.233 e. The third-order valence-corrected chi connectivity index (χ3v) is 7.53. The monoisotopic (exact) mass is 450 g/mol.